The molecule has 0 unspecified atom stereocenters. The topological polar surface area (TPSA) is 38.0 Å². The fourth-order valence-corrected chi connectivity index (χ4v) is 2.39. The van der Waals surface area contributed by atoms with Crippen LogP contribution in [0, 0.1) is 12.8 Å². The van der Waals surface area contributed by atoms with Crippen LogP contribution in [-0.2, 0) is 0 Å². The van der Waals surface area contributed by atoms with Gasteiger partial charge in [-0.05, 0) is 37.0 Å². The van der Waals surface area contributed by atoms with Crippen molar-refractivity contribution in [1.82, 2.24) is 0 Å². The molecule has 0 heterocycles. The number of anilines is 1. The highest BCUT2D eigenvalue weighted by atomic mass is 32.1. The van der Waals surface area contributed by atoms with E-state index in [0.717, 1.165) is 23.7 Å². The molecule has 1 aliphatic rings. The predicted molar refractivity (Wildman–Crippen MR) is 77.5 cm³/mol. The van der Waals surface area contributed by atoms with E-state index in [1.807, 2.05) is 12.1 Å². The minimum absolute atomic E-state index is 0.469. The molecule has 3 N–H and O–H groups in total. The minimum Gasteiger partial charge on any atom is -0.389 e. The molecular weight excluding hydrogens is 228 g/mol. The SMILES string of the molecule is Cc1ccc(C(N)=S)c(NCCC2CCC2)c1. The number of nitrogens with two attached hydrogens (primary N) is 1. The average molecular weight is 248 g/mol. The van der Waals surface area contributed by atoms with E-state index >= 15 is 0 Å². The zero-order valence-electron chi connectivity index (χ0n) is 10.3. The summed E-state index contributed by atoms with van der Waals surface area (Å²) in [6, 6.07) is 6.17. The van der Waals surface area contributed by atoms with Crippen LogP contribution in [0.2, 0.25) is 0 Å². The number of benzene rings is 1. The molecule has 1 aromatic carbocycles. The van der Waals surface area contributed by atoms with Crippen LogP contribution in [0.1, 0.15) is 36.8 Å². The predicted octanol–water partition coefficient (Wildman–Crippen LogP) is 3.23. The molecule has 0 saturated heterocycles. The molecule has 3 heteroatoms. The van der Waals surface area contributed by atoms with Crippen LogP contribution in [0.25, 0.3) is 0 Å². The first kappa shape index (κ1) is 12.4. The fourth-order valence-electron chi connectivity index (χ4n) is 2.21. The molecule has 1 fully saturated rings. The second-order valence-corrected chi connectivity index (χ2v) is 5.37. The Labute approximate surface area is 109 Å². The van der Waals surface area contributed by atoms with Crippen molar-refractivity contribution in [3.63, 3.8) is 0 Å². The normalized spacial score (nSPS) is 15.4. The van der Waals surface area contributed by atoms with Crippen LogP contribution < -0.4 is 11.1 Å². The quantitative estimate of drug-likeness (QED) is 0.786. The smallest absolute Gasteiger partial charge is 0.106 e. The Kier molecular flexibility index (Phi) is 4.00. The van der Waals surface area contributed by atoms with E-state index in [2.05, 4.69) is 18.3 Å². The number of thiocarbonyl (C=S) groups is 1. The van der Waals surface area contributed by atoms with Crippen molar-refractivity contribution in [3.8, 4) is 0 Å². The van der Waals surface area contributed by atoms with Crippen molar-refractivity contribution in [2.45, 2.75) is 32.6 Å². The molecule has 0 spiro atoms. The van der Waals surface area contributed by atoms with E-state index in [4.69, 9.17) is 18.0 Å². The third-order valence-electron chi connectivity index (χ3n) is 3.53. The largest absolute Gasteiger partial charge is 0.389 e. The number of hydrogen-bond donors (Lipinski definition) is 2. The standard InChI is InChI=1S/C14H20N2S/c1-10-5-6-12(14(15)17)13(9-10)16-8-7-11-3-2-4-11/h5-6,9,11,16H,2-4,7-8H2,1H3,(H2,15,17). The van der Waals surface area contributed by atoms with Gasteiger partial charge in [0.2, 0.25) is 0 Å². The Bertz CT molecular complexity index is 411. The summed E-state index contributed by atoms with van der Waals surface area (Å²) in [7, 11) is 0. The summed E-state index contributed by atoms with van der Waals surface area (Å²) in [6.45, 7) is 3.10. The van der Waals surface area contributed by atoms with E-state index in [1.165, 1.54) is 31.2 Å². The number of rotatable bonds is 5. The maximum Gasteiger partial charge on any atom is 0.106 e. The number of aryl methyl sites for hydroxylation is 1. The zero-order chi connectivity index (χ0) is 12.3. The van der Waals surface area contributed by atoms with Gasteiger partial charge in [-0.2, -0.15) is 0 Å². The Hall–Kier alpha value is -1.09. The molecule has 0 aromatic heterocycles. The van der Waals surface area contributed by atoms with Crippen molar-refractivity contribution in [2.24, 2.45) is 11.7 Å². The van der Waals surface area contributed by atoms with Gasteiger partial charge in [0.1, 0.15) is 4.99 Å². The van der Waals surface area contributed by atoms with Crippen LogP contribution in [0.4, 0.5) is 5.69 Å². The average Bonchev–Trinajstić information content (AvgIpc) is 2.21. The molecule has 0 amide bonds. The summed E-state index contributed by atoms with van der Waals surface area (Å²) in [4.78, 5) is 0.469. The van der Waals surface area contributed by atoms with Crippen molar-refractivity contribution >= 4 is 22.9 Å². The van der Waals surface area contributed by atoms with Gasteiger partial charge in [-0.15, -0.1) is 0 Å². The second kappa shape index (κ2) is 5.50. The first-order chi connectivity index (χ1) is 8.16. The fraction of sp³-hybridized carbons (Fsp3) is 0.500. The van der Waals surface area contributed by atoms with Gasteiger partial charge in [0, 0.05) is 17.8 Å². The summed E-state index contributed by atoms with van der Waals surface area (Å²) in [5.74, 6) is 0.931. The van der Waals surface area contributed by atoms with Gasteiger partial charge < -0.3 is 11.1 Å². The first-order valence-corrected chi connectivity index (χ1v) is 6.72. The number of nitrogens with one attached hydrogen (secondary N) is 1. The summed E-state index contributed by atoms with van der Waals surface area (Å²) >= 11 is 5.07. The lowest BCUT2D eigenvalue weighted by atomic mass is 9.83. The number of hydrogen-bond acceptors (Lipinski definition) is 2. The van der Waals surface area contributed by atoms with Crippen molar-refractivity contribution in [3.05, 3.63) is 29.3 Å². The highest BCUT2D eigenvalue weighted by Gasteiger charge is 2.16. The third-order valence-corrected chi connectivity index (χ3v) is 3.75. The van der Waals surface area contributed by atoms with Crippen molar-refractivity contribution in [1.29, 1.82) is 0 Å². The molecule has 0 bridgehead atoms. The van der Waals surface area contributed by atoms with Crippen LogP contribution >= 0.6 is 12.2 Å². The molecule has 17 heavy (non-hydrogen) atoms. The third kappa shape index (κ3) is 3.19. The van der Waals surface area contributed by atoms with Gasteiger partial charge >= 0.3 is 0 Å². The highest BCUT2D eigenvalue weighted by Crippen LogP contribution is 2.29. The van der Waals surface area contributed by atoms with E-state index in [0.29, 0.717) is 4.99 Å². The molecular formula is C14H20N2S. The van der Waals surface area contributed by atoms with E-state index < -0.39 is 0 Å². The van der Waals surface area contributed by atoms with Gasteiger partial charge in [0.05, 0.1) is 0 Å². The van der Waals surface area contributed by atoms with E-state index in [9.17, 15) is 0 Å². The van der Waals surface area contributed by atoms with Crippen molar-refractivity contribution in [2.75, 3.05) is 11.9 Å². The molecule has 0 atom stereocenters. The van der Waals surface area contributed by atoms with Crippen LogP contribution in [0.3, 0.4) is 0 Å². The van der Waals surface area contributed by atoms with Crippen LogP contribution in [0.15, 0.2) is 18.2 Å². The molecule has 0 radical (unpaired) electrons. The summed E-state index contributed by atoms with van der Waals surface area (Å²) in [6.07, 6.45) is 5.47. The molecule has 1 aliphatic carbocycles. The Morgan fingerprint density at radius 1 is 1.47 bits per heavy atom. The van der Waals surface area contributed by atoms with Crippen LogP contribution in [-0.4, -0.2) is 11.5 Å². The molecule has 2 rings (SSSR count). The summed E-state index contributed by atoms with van der Waals surface area (Å²) in [5, 5.41) is 3.47. The molecule has 2 nitrogen and oxygen atoms in total. The van der Waals surface area contributed by atoms with Crippen LogP contribution in [0.5, 0.6) is 0 Å². The van der Waals surface area contributed by atoms with E-state index in [-0.39, 0.29) is 0 Å². The van der Waals surface area contributed by atoms with Gasteiger partial charge in [0.15, 0.2) is 0 Å². The zero-order valence-corrected chi connectivity index (χ0v) is 11.1. The Balaban J connectivity index is 1.97. The van der Waals surface area contributed by atoms with Crippen molar-refractivity contribution < 1.29 is 0 Å². The lowest BCUT2D eigenvalue weighted by molar-refractivity contribution is 0.303. The van der Waals surface area contributed by atoms with Gasteiger partial charge in [-0.1, -0.05) is 37.5 Å². The second-order valence-electron chi connectivity index (χ2n) is 4.93. The maximum absolute atomic E-state index is 5.72. The Morgan fingerprint density at radius 2 is 2.24 bits per heavy atom. The Morgan fingerprint density at radius 3 is 2.82 bits per heavy atom. The maximum atomic E-state index is 5.72. The monoisotopic (exact) mass is 248 g/mol. The summed E-state index contributed by atoms with van der Waals surface area (Å²) in [5.41, 5.74) is 9.00. The lowest BCUT2D eigenvalue weighted by Crippen LogP contribution is -2.18. The lowest BCUT2D eigenvalue weighted by Gasteiger charge is -2.25. The highest BCUT2D eigenvalue weighted by molar-refractivity contribution is 7.80. The minimum atomic E-state index is 0.469. The summed E-state index contributed by atoms with van der Waals surface area (Å²) < 4.78 is 0. The van der Waals surface area contributed by atoms with Gasteiger partial charge in [-0.3, -0.25) is 0 Å². The molecule has 1 saturated carbocycles. The van der Waals surface area contributed by atoms with Gasteiger partial charge in [0.25, 0.3) is 0 Å². The first-order valence-electron chi connectivity index (χ1n) is 6.31. The molecule has 0 aliphatic heterocycles. The van der Waals surface area contributed by atoms with E-state index in [1.54, 1.807) is 0 Å². The van der Waals surface area contributed by atoms with Gasteiger partial charge in [-0.25, -0.2) is 0 Å². The molecule has 92 valence electrons. The molecule has 1 aromatic rings.